The van der Waals surface area contributed by atoms with Crippen molar-refractivity contribution in [1.29, 1.82) is 0 Å². The maximum absolute atomic E-state index is 13.6. The number of carbonyl (C=O) groups is 2. The number of benzene rings is 1. The van der Waals surface area contributed by atoms with E-state index in [9.17, 15) is 9.59 Å². The second-order valence-corrected chi connectivity index (χ2v) is 10.7. The van der Waals surface area contributed by atoms with Gasteiger partial charge in [0.25, 0.3) is 0 Å². The fourth-order valence-electron chi connectivity index (χ4n) is 5.26. The van der Waals surface area contributed by atoms with Crippen LogP contribution in [0.15, 0.2) is 35.5 Å². The summed E-state index contributed by atoms with van der Waals surface area (Å²) in [6.07, 6.45) is 7.21. The van der Waals surface area contributed by atoms with Crippen molar-refractivity contribution in [3.8, 4) is 11.5 Å². The smallest absolute Gasteiger partial charge is 0.317 e. The van der Waals surface area contributed by atoms with E-state index in [1.807, 2.05) is 57.7 Å². The predicted molar refractivity (Wildman–Crippen MR) is 140 cm³/mol. The lowest BCUT2D eigenvalue weighted by molar-refractivity contribution is -0.141. The van der Waals surface area contributed by atoms with Gasteiger partial charge in [0.05, 0.1) is 30.9 Å². The number of hydrazone groups is 1. The SMILES string of the molecule is CCOc1ccc(C2=NN(C3CCN(C(=O)NC(C)(C)C)CC3)C(=O)[C@@H]3CC=CC[C@H]23)cc1OCC. The Morgan fingerprint density at radius 3 is 2.31 bits per heavy atom. The number of hydrogen-bond acceptors (Lipinski definition) is 5. The Morgan fingerprint density at radius 2 is 1.67 bits per heavy atom. The van der Waals surface area contributed by atoms with E-state index in [2.05, 4.69) is 17.5 Å². The summed E-state index contributed by atoms with van der Waals surface area (Å²) < 4.78 is 11.6. The zero-order valence-electron chi connectivity index (χ0n) is 22.3. The summed E-state index contributed by atoms with van der Waals surface area (Å²) in [5, 5.41) is 9.76. The standard InChI is InChI=1S/C28H40N4O4/c1-6-35-23-13-12-19(18-24(23)36-7-2)25-21-10-8-9-11-22(21)26(33)32(30-25)20-14-16-31(17-15-20)27(34)29-28(3,4)5/h8-9,12-13,18,20-22H,6-7,10-11,14-17H2,1-5H3,(H,29,34)/t21-,22+/m0/s1. The molecular weight excluding hydrogens is 456 g/mol. The Balaban J connectivity index is 1.59. The van der Waals surface area contributed by atoms with Crippen molar-refractivity contribution in [3.63, 3.8) is 0 Å². The van der Waals surface area contributed by atoms with Gasteiger partial charge in [-0.15, -0.1) is 0 Å². The molecule has 3 aliphatic rings. The summed E-state index contributed by atoms with van der Waals surface area (Å²) in [4.78, 5) is 28.1. The number of amides is 3. The Hall–Kier alpha value is -3.03. The van der Waals surface area contributed by atoms with Crippen LogP contribution >= 0.6 is 0 Å². The van der Waals surface area contributed by atoms with Crippen LogP contribution in [0.4, 0.5) is 4.79 Å². The molecule has 36 heavy (non-hydrogen) atoms. The molecule has 3 amide bonds. The first-order chi connectivity index (χ1) is 17.2. The van der Waals surface area contributed by atoms with E-state index in [1.54, 1.807) is 5.01 Å². The van der Waals surface area contributed by atoms with Crippen molar-refractivity contribution in [2.45, 2.75) is 71.9 Å². The quantitative estimate of drug-likeness (QED) is 0.584. The Labute approximate surface area is 214 Å². The first-order valence-corrected chi connectivity index (χ1v) is 13.3. The molecule has 1 aliphatic carbocycles. The van der Waals surface area contributed by atoms with E-state index in [1.165, 1.54) is 0 Å². The topological polar surface area (TPSA) is 83.5 Å². The number of ether oxygens (including phenoxy) is 2. The molecule has 196 valence electrons. The molecular formula is C28H40N4O4. The van der Waals surface area contributed by atoms with Crippen molar-refractivity contribution in [2.24, 2.45) is 16.9 Å². The molecule has 0 aromatic heterocycles. The summed E-state index contributed by atoms with van der Waals surface area (Å²) >= 11 is 0. The Kier molecular flexibility index (Phi) is 7.91. The van der Waals surface area contributed by atoms with Gasteiger partial charge in [-0.2, -0.15) is 5.10 Å². The lowest BCUT2D eigenvalue weighted by atomic mass is 9.76. The van der Waals surface area contributed by atoms with Crippen LogP contribution in [-0.4, -0.2) is 65.4 Å². The van der Waals surface area contributed by atoms with Crippen LogP contribution in [0, 0.1) is 11.8 Å². The number of urea groups is 1. The third kappa shape index (κ3) is 5.68. The minimum atomic E-state index is -0.280. The zero-order valence-corrected chi connectivity index (χ0v) is 22.3. The largest absolute Gasteiger partial charge is 0.490 e. The molecule has 1 aromatic rings. The fourth-order valence-corrected chi connectivity index (χ4v) is 5.26. The third-order valence-electron chi connectivity index (χ3n) is 6.96. The van der Waals surface area contributed by atoms with Crippen LogP contribution in [0.5, 0.6) is 11.5 Å². The third-order valence-corrected chi connectivity index (χ3v) is 6.96. The van der Waals surface area contributed by atoms with E-state index < -0.39 is 0 Å². The second kappa shape index (κ2) is 10.9. The van der Waals surface area contributed by atoms with E-state index in [0.29, 0.717) is 50.6 Å². The zero-order chi connectivity index (χ0) is 25.9. The number of nitrogens with one attached hydrogen (secondary N) is 1. The molecule has 1 fully saturated rings. The number of carbonyl (C=O) groups excluding carboxylic acids is 2. The summed E-state index contributed by atoms with van der Waals surface area (Å²) in [7, 11) is 0. The molecule has 0 spiro atoms. The van der Waals surface area contributed by atoms with Crippen molar-refractivity contribution in [1.82, 2.24) is 15.2 Å². The molecule has 8 heteroatoms. The summed E-state index contributed by atoms with van der Waals surface area (Å²) in [5.41, 5.74) is 1.62. The predicted octanol–water partition coefficient (Wildman–Crippen LogP) is 4.59. The molecule has 2 atom stereocenters. The van der Waals surface area contributed by atoms with Crippen molar-refractivity contribution >= 4 is 17.6 Å². The first-order valence-electron chi connectivity index (χ1n) is 13.3. The molecule has 0 bridgehead atoms. The first kappa shape index (κ1) is 26.0. The lowest BCUT2D eigenvalue weighted by Crippen LogP contribution is -2.55. The average Bonchev–Trinajstić information content (AvgIpc) is 2.85. The van der Waals surface area contributed by atoms with Crippen LogP contribution < -0.4 is 14.8 Å². The van der Waals surface area contributed by atoms with Crippen LogP contribution in [0.25, 0.3) is 0 Å². The highest BCUT2D eigenvalue weighted by Gasteiger charge is 2.43. The van der Waals surface area contributed by atoms with Crippen molar-refractivity contribution < 1.29 is 19.1 Å². The van der Waals surface area contributed by atoms with Crippen molar-refractivity contribution in [3.05, 3.63) is 35.9 Å². The van der Waals surface area contributed by atoms with Crippen LogP contribution in [-0.2, 0) is 4.79 Å². The Morgan fingerprint density at radius 1 is 1.03 bits per heavy atom. The van der Waals surface area contributed by atoms with Crippen LogP contribution in [0.1, 0.15) is 65.9 Å². The van der Waals surface area contributed by atoms with Crippen molar-refractivity contribution in [2.75, 3.05) is 26.3 Å². The molecule has 1 saturated heterocycles. The number of rotatable bonds is 6. The number of piperidine rings is 1. The number of hydrogen-bond donors (Lipinski definition) is 1. The minimum Gasteiger partial charge on any atom is -0.490 e. The normalized spacial score (nSPS) is 22.7. The number of nitrogens with zero attached hydrogens (tertiary/aromatic N) is 3. The van der Waals surface area contributed by atoms with E-state index in [-0.39, 0.29) is 35.4 Å². The molecule has 1 aromatic carbocycles. The molecule has 0 radical (unpaired) electrons. The minimum absolute atomic E-state index is 0.0212. The van der Waals surface area contributed by atoms with Gasteiger partial charge in [-0.25, -0.2) is 9.80 Å². The van der Waals surface area contributed by atoms with Gasteiger partial charge in [-0.1, -0.05) is 12.2 Å². The maximum Gasteiger partial charge on any atom is 0.317 e. The maximum atomic E-state index is 13.6. The monoisotopic (exact) mass is 496 g/mol. The molecule has 8 nitrogen and oxygen atoms in total. The molecule has 4 rings (SSSR count). The van der Waals surface area contributed by atoms with Gasteiger partial charge < -0.3 is 19.7 Å². The van der Waals surface area contributed by atoms with Crippen LogP contribution in [0.3, 0.4) is 0 Å². The highest BCUT2D eigenvalue weighted by molar-refractivity contribution is 6.07. The highest BCUT2D eigenvalue weighted by Crippen LogP contribution is 2.38. The Bertz CT molecular complexity index is 1020. The molecule has 0 unspecified atom stereocenters. The molecule has 0 saturated carbocycles. The van der Waals surface area contributed by atoms with Gasteiger partial charge in [0, 0.05) is 30.1 Å². The molecule has 1 N–H and O–H groups in total. The van der Waals surface area contributed by atoms with E-state index in [0.717, 1.165) is 24.1 Å². The number of fused-ring (bicyclic) bond motifs is 1. The summed E-state index contributed by atoms with van der Waals surface area (Å²) in [5.74, 6) is 1.44. The van der Waals surface area contributed by atoms with Gasteiger partial charge in [0.15, 0.2) is 11.5 Å². The molecule has 2 heterocycles. The average molecular weight is 497 g/mol. The summed E-state index contributed by atoms with van der Waals surface area (Å²) in [6, 6.07) is 5.88. The van der Waals surface area contributed by atoms with Gasteiger partial charge >= 0.3 is 6.03 Å². The number of likely N-dealkylation sites (tertiary alicyclic amines) is 1. The van der Waals surface area contributed by atoms with Gasteiger partial charge in [-0.05, 0) is 78.5 Å². The van der Waals surface area contributed by atoms with E-state index >= 15 is 0 Å². The van der Waals surface area contributed by atoms with Crippen LogP contribution in [0.2, 0.25) is 0 Å². The number of allylic oxidation sites excluding steroid dienone is 2. The van der Waals surface area contributed by atoms with Gasteiger partial charge in [0.2, 0.25) is 5.91 Å². The second-order valence-electron chi connectivity index (χ2n) is 10.7. The van der Waals surface area contributed by atoms with E-state index in [4.69, 9.17) is 14.6 Å². The fraction of sp³-hybridized carbons (Fsp3) is 0.607. The lowest BCUT2D eigenvalue weighted by Gasteiger charge is -2.42. The van der Waals surface area contributed by atoms with Gasteiger partial charge in [0.1, 0.15) is 0 Å². The summed E-state index contributed by atoms with van der Waals surface area (Å²) in [6.45, 7) is 12.2. The highest BCUT2D eigenvalue weighted by atomic mass is 16.5. The molecule has 2 aliphatic heterocycles. The van der Waals surface area contributed by atoms with Gasteiger partial charge in [-0.3, -0.25) is 4.79 Å².